The number of aromatic nitrogens is 2. The van der Waals surface area contributed by atoms with Crippen molar-refractivity contribution < 1.29 is 23.7 Å². The van der Waals surface area contributed by atoms with E-state index >= 15 is 0 Å². The zero-order chi connectivity index (χ0) is 20.1. The normalized spacial score (nSPS) is 16.4. The van der Waals surface area contributed by atoms with Gasteiger partial charge in [-0.25, -0.2) is 4.98 Å². The molecule has 1 fully saturated rings. The molecular formula is C20H25N3O5. The van der Waals surface area contributed by atoms with E-state index in [1.807, 2.05) is 6.92 Å². The van der Waals surface area contributed by atoms with Crippen LogP contribution in [0, 0.1) is 6.92 Å². The number of carbonyl (C=O) groups is 1. The van der Waals surface area contributed by atoms with E-state index in [1.54, 1.807) is 29.3 Å². The van der Waals surface area contributed by atoms with Crippen LogP contribution in [0.4, 0.5) is 0 Å². The molecule has 1 atom stereocenters. The van der Waals surface area contributed by atoms with Gasteiger partial charge in [0.25, 0.3) is 5.91 Å². The monoisotopic (exact) mass is 387 g/mol. The molecule has 2 aromatic rings. The van der Waals surface area contributed by atoms with Crippen LogP contribution in [0.15, 0.2) is 24.4 Å². The van der Waals surface area contributed by atoms with Crippen LogP contribution in [0.5, 0.6) is 23.1 Å². The minimum Gasteiger partial charge on any atom is -0.493 e. The Morgan fingerprint density at radius 1 is 1.14 bits per heavy atom. The molecule has 3 rings (SSSR count). The summed E-state index contributed by atoms with van der Waals surface area (Å²) in [5.41, 5.74) is 0.480. The van der Waals surface area contributed by atoms with Gasteiger partial charge in [-0.15, -0.1) is 0 Å². The molecule has 1 aliphatic rings. The van der Waals surface area contributed by atoms with E-state index in [0.29, 0.717) is 47.6 Å². The zero-order valence-electron chi connectivity index (χ0n) is 16.6. The molecule has 0 N–H and O–H groups in total. The standard InChI is InChI=1S/C20H25N3O5/c1-13-21-8-7-18(22-13)28-15-6-5-9-23(12-15)20(24)14-10-16(25-2)19(27-4)17(11-14)26-3/h7-8,10-11,15H,5-6,9,12H2,1-4H3. The number of benzene rings is 1. The molecule has 0 bridgehead atoms. The van der Waals surface area contributed by atoms with Gasteiger partial charge in [0.05, 0.1) is 27.9 Å². The number of likely N-dealkylation sites (tertiary alicyclic amines) is 1. The minimum atomic E-state index is -0.117. The molecule has 8 heteroatoms. The number of hydrogen-bond donors (Lipinski definition) is 0. The van der Waals surface area contributed by atoms with Crippen LogP contribution in [0.3, 0.4) is 0 Å². The average molecular weight is 387 g/mol. The van der Waals surface area contributed by atoms with Crippen molar-refractivity contribution in [2.75, 3.05) is 34.4 Å². The number of piperidine rings is 1. The molecule has 1 unspecified atom stereocenters. The van der Waals surface area contributed by atoms with Crippen LogP contribution in [0.2, 0.25) is 0 Å². The molecule has 2 heterocycles. The van der Waals surface area contributed by atoms with Gasteiger partial charge in [-0.2, -0.15) is 4.98 Å². The van der Waals surface area contributed by atoms with Crippen molar-refractivity contribution in [3.05, 3.63) is 35.8 Å². The van der Waals surface area contributed by atoms with E-state index in [1.165, 1.54) is 21.3 Å². The number of carbonyl (C=O) groups excluding carboxylic acids is 1. The Morgan fingerprint density at radius 2 is 1.86 bits per heavy atom. The van der Waals surface area contributed by atoms with Gasteiger partial charge in [0.15, 0.2) is 11.5 Å². The molecule has 1 saturated heterocycles. The van der Waals surface area contributed by atoms with E-state index in [2.05, 4.69) is 9.97 Å². The molecular weight excluding hydrogens is 362 g/mol. The first-order valence-corrected chi connectivity index (χ1v) is 9.11. The molecule has 150 valence electrons. The number of ether oxygens (including phenoxy) is 4. The number of methoxy groups -OCH3 is 3. The number of aryl methyl sites for hydroxylation is 1. The largest absolute Gasteiger partial charge is 0.493 e. The molecule has 8 nitrogen and oxygen atoms in total. The molecule has 0 spiro atoms. The highest BCUT2D eigenvalue weighted by molar-refractivity contribution is 5.95. The van der Waals surface area contributed by atoms with Crippen molar-refractivity contribution in [1.29, 1.82) is 0 Å². The number of nitrogens with zero attached hydrogens (tertiary/aromatic N) is 3. The first-order chi connectivity index (χ1) is 13.5. The van der Waals surface area contributed by atoms with Gasteiger partial charge in [-0.3, -0.25) is 4.79 Å². The lowest BCUT2D eigenvalue weighted by atomic mass is 10.1. The van der Waals surface area contributed by atoms with Crippen LogP contribution in [-0.2, 0) is 0 Å². The van der Waals surface area contributed by atoms with Crippen molar-refractivity contribution in [2.24, 2.45) is 0 Å². The second-order valence-electron chi connectivity index (χ2n) is 6.49. The SMILES string of the molecule is COc1cc(C(=O)N2CCCC(Oc3ccnc(C)n3)C2)cc(OC)c1OC. The zero-order valence-corrected chi connectivity index (χ0v) is 16.6. The minimum absolute atomic E-state index is 0.105. The van der Waals surface area contributed by atoms with Crippen molar-refractivity contribution in [3.63, 3.8) is 0 Å². The van der Waals surface area contributed by atoms with E-state index in [4.69, 9.17) is 18.9 Å². The Bertz CT molecular complexity index is 817. The average Bonchev–Trinajstić information content (AvgIpc) is 2.72. The molecule has 1 aromatic heterocycles. The molecule has 0 radical (unpaired) electrons. The maximum atomic E-state index is 13.1. The fourth-order valence-electron chi connectivity index (χ4n) is 3.28. The van der Waals surface area contributed by atoms with Gasteiger partial charge in [0.2, 0.25) is 11.6 Å². The quantitative estimate of drug-likeness (QED) is 0.753. The first-order valence-electron chi connectivity index (χ1n) is 9.11. The summed E-state index contributed by atoms with van der Waals surface area (Å²) >= 11 is 0. The fraction of sp³-hybridized carbons (Fsp3) is 0.450. The highest BCUT2D eigenvalue weighted by Gasteiger charge is 2.27. The lowest BCUT2D eigenvalue weighted by Crippen LogP contribution is -2.44. The topological polar surface area (TPSA) is 83.0 Å². The highest BCUT2D eigenvalue weighted by atomic mass is 16.5. The Morgan fingerprint density at radius 3 is 2.46 bits per heavy atom. The smallest absolute Gasteiger partial charge is 0.254 e. The summed E-state index contributed by atoms with van der Waals surface area (Å²) in [4.78, 5) is 23.2. The van der Waals surface area contributed by atoms with Crippen LogP contribution < -0.4 is 18.9 Å². The molecule has 0 saturated carbocycles. The summed E-state index contributed by atoms with van der Waals surface area (Å²) in [5.74, 6) is 2.43. The number of hydrogen-bond acceptors (Lipinski definition) is 7. The van der Waals surface area contributed by atoms with Crippen molar-refractivity contribution in [1.82, 2.24) is 14.9 Å². The third kappa shape index (κ3) is 4.27. The molecule has 28 heavy (non-hydrogen) atoms. The van der Waals surface area contributed by atoms with Crippen molar-refractivity contribution in [2.45, 2.75) is 25.9 Å². The Balaban J connectivity index is 1.76. The van der Waals surface area contributed by atoms with E-state index < -0.39 is 0 Å². The van der Waals surface area contributed by atoms with Crippen LogP contribution in [-0.4, -0.2) is 61.3 Å². The van der Waals surface area contributed by atoms with Gasteiger partial charge in [0.1, 0.15) is 11.9 Å². The number of rotatable bonds is 6. The predicted molar refractivity (Wildman–Crippen MR) is 102 cm³/mol. The van der Waals surface area contributed by atoms with Gasteiger partial charge in [0, 0.05) is 24.4 Å². The second kappa shape index (κ2) is 8.77. The number of amides is 1. The maximum absolute atomic E-state index is 13.1. The molecule has 1 aromatic carbocycles. The lowest BCUT2D eigenvalue weighted by Gasteiger charge is -2.32. The Hall–Kier alpha value is -3.03. The van der Waals surface area contributed by atoms with Crippen molar-refractivity contribution >= 4 is 5.91 Å². The summed E-state index contributed by atoms with van der Waals surface area (Å²) in [6.45, 7) is 2.96. The van der Waals surface area contributed by atoms with Gasteiger partial charge < -0.3 is 23.8 Å². The highest BCUT2D eigenvalue weighted by Crippen LogP contribution is 2.38. The summed E-state index contributed by atoms with van der Waals surface area (Å²) < 4.78 is 22.0. The van der Waals surface area contributed by atoms with Crippen LogP contribution >= 0.6 is 0 Å². The van der Waals surface area contributed by atoms with E-state index in [-0.39, 0.29) is 12.0 Å². The third-order valence-corrected chi connectivity index (χ3v) is 4.61. The molecule has 1 aliphatic heterocycles. The maximum Gasteiger partial charge on any atom is 0.254 e. The Kier molecular flexibility index (Phi) is 6.18. The van der Waals surface area contributed by atoms with Crippen molar-refractivity contribution in [3.8, 4) is 23.1 Å². The van der Waals surface area contributed by atoms with Gasteiger partial charge >= 0.3 is 0 Å². The summed E-state index contributed by atoms with van der Waals surface area (Å²) in [5, 5.41) is 0. The van der Waals surface area contributed by atoms with Gasteiger partial charge in [-0.1, -0.05) is 0 Å². The lowest BCUT2D eigenvalue weighted by molar-refractivity contribution is 0.0526. The predicted octanol–water partition coefficient (Wildman–Crippen LogP) is 2.49. The second-order valence-corrected chi connectivity index (χ2v) is 6.49. The molecule has 0 aliphatic carbocycles. The van der Waals surface area contributed by atoms with E-state index in [9.17, 15) is 4.79 Å². The first kappa shape index (κ1) is 19.7. The fourth-order valence-corrected chi connectivity index (χ4v) is 3.28. The van der Waals surface area contributed by atoms with Gasteiger partial charge in [-0.05, 0) is 31.9 Å². The summed E-state index contributed by atoms with van der Waals surface area (Å²) in [7, 11) is 4.59. The Labute approximate surface area is 164 Å². The molecule has 1 amide bonds. The third-order valence-electron chi connectivity index (χ3n) is 4.61. The van der Waals surface area contributed by atoms with Crippen LogP contribution in [0.1, 0.15) is 29.0 Å². The summed E-state index contributed by atoms with van der Waals surface area (Å²) in [6.07, 6.45) is 3.26. The van der Waals surface area contributed by atoms with E-state index in [0.717, 1.165) is 12.8 Å². The summed E-state index contributed by atoms with van der Waals surface area (Å²) in [6, 6.07) is 5.07. The van der Waals surface area contributed by atoms with Crippen LogP contribution in [0.25, 0.3) is 0 Å².